The van der Waals surface area contributed by atoms with Crippen molar-refractivity contribution in [2.45, 2.75) is 0 Å². The molecule has 0 N–H and O–H groups in total. The van der Waals surface area contributed by atoms with Crippen LogP contribution in [0.4, 0.5) is 8.78 Å². The van der Waals surface area contributed by atoms with Crippen molar-refractivity contribution in [3.05, 3.63) is 29.6 Å². The second-order valence-corrected chi connectivity index (χ2v) is 1.59. The van der Waals surface area contributed by atoms with Crippen molar-refractivity contribution >= 4 is 0 Å². The monoisotopic (exact) mass is 140 g/mol. The molecule has 0 aliphatic heterocycles. The summed E-state index contributed by atoms with van der Waals surface area (Å²) >= 11 is 0. The summed E-state index contributed by atoms with van der Waals surface area (Å²) in [6, 6.07) is 1.37. The van der Waals surface area contributed by atoms with Crippen molar-refractivity contribution in [3.8, 4) is 6.07 Å². The summed E-state index contributed by atoms with van der Waals surface area (Å²) in [5, 5.41) is 8.14. The van der Waals surface area contributed by atoms with Crippen LogP contribution in [0.1, 0.15) is 5.56 Å². The van der Waals surface area contributed by atoms with Gasteiger partial charge in [0, 0.05) is 0 Å². The first kappa shape index (κ1) is 6.62. The lowest BCUT2D eigenvalue weighted by molar-refractivity contribution is 0.566. The van der Waals surface area contributed by atoms with Crippen LogP contribution in [-0.2, 0) is 0 Å². The molecule has 0 saturated heterocycles. The highest BCUT2D eigenvalue weighted by molar-refractivity contribution is 5.28. The van der Waals surface area contributed by atoms with Crippen LogP contribution in [0.3, 0.4) is 0 Å². The van der Waals surface area contributed by atoms with Gasteiger partial charge >= 0.3 is 0 Å². The highest BCUT2D eigenvalue weighted by Crippen LogP contribution is 2.07. The third-order valence-electron chi connectivity index (χ3n) is 0.965. The zero-order valence-electron chi connectivity index (χ0n) is 4.81. The summed E-state index contributed by atoms with van der Waals surface area (Å²) < 4.78 is 24.7. The van der Waals surface area contributed by atoms with E-state index in [0.29, 0.717) is 0 Å². The van der Waals surface area contributed by atoms with E-state index in [4.69, 9.17) is 5.26 Å². The van der Waals surface area contributed by atoms with Crippen molar-refractivity contribution in [2.75, 3.05) is 0 Å². The van der Waals surface area contributed by atoms with Gasteiger partial charge in [-0.2, -0.15) is 5.26 Å². The molecule has 0 atom stereocenters. The van der Waals surface area contributed by atoms with Crippen LogP contribution < -0.4 is 0 Å². The predicted octanol–water partition coefficient (Wildman–Crippen LogP) is 1.23. The van der Waals surface area contributed by atoms with E-state index in [1.165, 1.54) is 6.07 Å². The van der Waals surface area contributed by atoms with Gasteiger partial charge in [-0.25, -0.2) is 8.78 Å². The number of nitrogens with zero attached hydrogens (tertiary/aromatic N) is 2. The van der Waals surface area contributed by atoms with E-state index in [0.717, 1.165) is 12.4 Å². The van der Waals surface area contributed by atoms with Crippen LogP contribution in [0, 0.1) is 23.0 Å². The van der Waals surface area contributed by atoms with Gasteiger partial charge in [0.1, 0.15) is 11.6 Å². The molecule has 0 amide bonds. The highest BCUT2D eigenvalue weighted by Gasteiger charge is 2.06. The lowest BCUT2D eigenvalue weighted by Crippen LogP contribution is -1.90. The Labute approximate surface area is 55.7 Å². The average molecular weight is 140 g/mol. The number of nitriles is 1. The number of aromatic nitrogens is 1. The van der Waals surface area contributed by atoms with E-state index in [2.05, 4.69) is 4.98 Å². The largest absolute Gasteiger partial charge is 0.259 e. The molecule has 1 aromatic heterocycles. The molecule has 0 fully saturated rings. The second-order valence-electron chi connectivity index (χ2n) is 1.59. The molecule has 0 spiro atoms. The molecule has 0 radical (unpaired) electrons. The zero-order chi connectivity index (χ0) is 7.56. The Kier molecular flexibility index (Phi) is 1.59. The Morgan fingerprint density at radius 1 is 1.30 bits per heavy atom. The zero-order valence-corrected chi connectivity index (χ0v) is 4.81. The molecule has 10 heavy (non-hydrogen) atoms. The van der Waals surface area contributed by atoms with E-state index in [1.54, 1.807) is 0 Å². The molecule has 1 rings (SSSR count). The summed E-state index contributed by atoms with van der Waals surface area (Å²) in [6.45, 7) is 0. The first-order valence-electron chi connectivity index (χ1n) is 2.45. The second kappa shape index (κ2) is 2.40. The lowest BCUT2D eigenvalue weighted by Gasteiger charge is -1.90. The quantitative estimate of drug-likeness (QED) is 0.543. The van der Waals surface area contributed by atoms with E-state index < -0.39 is 17.2 Å². The normalized spacial score (nSPS) is 8.90. The molecule has 0 bridgehead atoms. The van der Waals surface area contributed by atoms with Crippen LogP contribution in [0.15, 0.2) is 12.4 Å². The Morgan fingerprint density at radius 3 is 2.10 bits per heavy atom. The highest BCUT2D eigenvalue weighted by atomic mass is 19.1. The number of halogens is 2. The number of rotatable bonds is 0. The lowest BCUT2D eigenvalue weighted by atomic mass is 10.3. The van der Waals surface area contributed by atoms with Gasteiger partial charge < -0.3 is 0 Å². The maximum absolute atomic E-state index is 12.3. The van der Waals surface area contributed by atoms with E-state index >= 15 is 0 Å². The summed E-state index contributed by atoms with van der Waals surface area (Å²) in [6.07, 6.45) is 1.59. The summed E-state index contributed by atoms with van der Waals surface area (Å²) in [7, 11) is 0. The van der Waals surface area contributed by atoms with Gasteiger partial charge in [-0.1, -0.05) is 0 Å². The molecular formula is C6H2F2N2. The fraction of sp³-hybridized carbons (Fsp3) is 0. The Morgan fingerprint density at radius 2 is 1.80 bits per heavy atom. The molecule has 50 valence electrons. The van der Waals surface area contributed by atoms with Gasteiger partial charge in [0.25, 0.3) is 0 Å². The standard InChI is InChI=1S/C6H2F2N2/c7-5-2-10-3-6(8)4(5)1-9/h2-3H. The van der Waals surface area contributed by atoms with Crippen molar-refractivity contribution in [2.24, 2.45) is 0 Å². The Hall–Kier alpha value is -1.50. The predicted molar refractivity (Wildman–Crippen MR) is 28.9 cm³/mol. The van der Waals surface area contributed by atoms with Crippen LogP contribution >= 0.6 is 0 Å². The Balaban J connectivity index is 3.34. The Bertz CT molecular complexity index is 270. The van der Waals surface area contributed by atoms with E-state index in [-0.39, 0.29) is 0 Å². The molecule has 1 heterocycles. The molecule has 0 aliphatic rings. The molecule has 1 aromatic rings. The smallest absolute Gasteiger partial charge is 0.162 e. The maximum atomic E-state index is 12.3. The minimum absolute atomic E-state index is 0.588. The van der Waals surface area contributed by atoms with E-state index in [1.807, 2.05) is 0 Å². The minimum Gasteiger partial charge on any atom is -0.259 e. The van der Waals surface area contributed by atoms with Gasteiger partial charge in [-0.15, -0.1) is 0 Å². The number of hydrogen-bond acceptors (Lipinski definition) is 2. The summed E-state index contributed by atoms with van der Waals surface area (Å²) in [5.74, 6) is -1.86. The van der Waals surface area contributed by atoms with Crippen LogP contribution in [-0.4, -0.2) is 4.98 Å². The van der Waals surface area contributed by atoms with Crippen molar-refractivity contribution in [1.82, 2.24) is 4.98 Å². The molecule has 0 saturated carbocycles. The van der Waals surface area contributed by atoms with Crippen LogP contribution in [0.5, 0.6) is 0 Å². The molecule has 0 unspecified atom stereocenters. The van der Waals surface area contributed by atoms with Gasteiger partial charge in [-0.3, -0.25) is 4.98 Å². The topological polar surface area (TPSA) is 36.7 Å². The maximum Gasteiger partial charge on any atom is 0.162 e. The molecule has 4 heteroatoms. The fourth-order valence-electron chi connectivity index (χ4n) is 0.518. The van der Waals surface area contributed by atoms with Gasteiger partial charge in [0.15, 0.2) is 11.6 Å². The van der Waals surface area contributed by atoms with Gasteiger partial charge in [0.2, 0.25) is 0 Å². The molecule has 0 aliphatic carbocycles. The first-order valence-corrected chi connectivity index (χ1v) is 2.45. The van der Waals surface area contributed by atoms with Crippen molar-refractivity contribution in [3.63, 3.8) is 0 Å². The third kappa shape index (κ3) is 0.935. The average Bonchev–Trinajstić information content (AvgIpc) is 1.88. The van der Waals surface area contributed by atoms with Crippen molar-refractivity contribution in [1.29, 1.82) is 5.26 Å². The molecule has 0 aromatic carbocycles. The first-order chi connectivity index (χ1) is 4.75. The summed E-state index contributed by atoms with van der Waals surface area (Å²) in [5.41, 5.74) is -0.588. The van der Waals surface area contributed by atoms with Crippen molar-refractivity contribution < 1.29 is 8.78 Å². The number of pyridine rings is 1. The van der Waals surface area contributed by atoms with E-state index in [9.17, 15) is 8.78 Å². The summed E-state index contributed by atoms with van der Waals surface area (Å²) in [4.78, 5) is 3.19. The molecular weight excluding hydrogens is 138 g/mol. The SMILES string of the molecule is N#Cc1c(F)cncc1F. The fourth-order valence-corrected chi connectivity index (χ4v) is 0.518. The van der Waals surface area contributed by atoms with Gasteiger partial charge in [-0.05, 0) is 0 Å². The number of hydrogen-bond donors (Lipinski definition) is 0. The third-order valence-corrected chi connectivity index (χ3v) is 0.965. The van der Waals surface area contributed by atoms with Crippen LogP contribution in [0.2, 0.25) is 0 Å². The minimum atomic E-state index is -0.928. The van der Waals surface area contributed by atoms with Gasteiger partial charge in [0.05, 0.1) is 12.4 Å². The van der Waals surface area contributed by atoms with Crippen LogP contribution in [0.25, 0.3) is 0 Å². The molecule has 2 nitrogen and oxygen atoms in total.